The first-order valence-electron chi connectivity index (χ1n) is 6.31. The molecule has 2 rings (SSSR count). The van der Waals surface area contributed by atoms with Crippen LogP contribution in [0, 0.1) is 5.41 Å². The number of aryl methyl sites for hydroxylation is 2. The topological polar surface area (TPSA) is 26.3 Å². The van der Waals surface area contributed by atoms with Crippen LogP contribution in [0.2, 0.25) is 0 Å². The van der Waals surface area contributed by atoms with Gasteiger partial charge in [-0.15, -0.1) is 0 Å². The minimum absolute atomic E-state index is 0.109. The molecule has 0 fully saturated rings. The standard InChI is InChI=1S/C15H20O2/c1-4-15(2,3)14(16)17-10-11-5-6-12-7-8-13(12)9-11/h5-6,9H,4,7-8,10H2,1-3H3. The number of fused-ring (bicyclic) bond motifs is 1. The van der Waals surface area contributed by atoms with Crippen LogP contribution in [0.5, 0.6) is 0 Å². The van der Waals surface area contributed by atoms with E-state index in [2.05, 4.69) is 18.2 Å². The van der Waals surface area contributed by atoms with Crippen LogP contribution in [-0.4, -0.2) is 5.97 Å². The fourth-order valence-corrected chi connectivity index (χ4v) is 1.83. The van der Waals surface area contributed by atoms with E-state index in [9.17, 15) is 4.79 Å². The average molecular weight is 232 g/mol. The molecule has 0 radical (unpaired) electrons. The summed E-state index contributed by atoms with van der Waals surface area (Å²) in [5.41, 5.74) is 3.57. The van der Waals surface area contributed by atoms with Crippen molar-refractivity contribution < 1.29 is 9.53 Å². The summed E-state index contributed by atoms with van der Waals surface area (Å²) < 4.78 is 5.36. The summed E-state index contributed by atoms with van der Waals surface area (Å²) in [6.07, 6.45) is 3.16. The second-order valence-corrected chi connectivity index (χ2v) is 5.42. The van der Waals surface area contributed by atoms with Crippen molar-refractivity contribution in [2.24, 2.45) is 5.41 Å². The Labute approximate surface area is 103 Å². The number of hydrogen-bond donors (Lipinski definition) is 0. The van der Waals surface area contributed by atoms with Crippen molar-refractivity contribution in [1.82, 2.24) is 0 Å². The number of rotatable bonds is 4. The summed E-state index contributed by atoms with van der Waals surface area (Å²) >= 11 is 0. The van der Waals surface area contributed by atoms with E-state index in [-0.39, 0.29) is 11.4 Å². The Balaban J connectivity index is 1.94. The molecular weight excluding hydrogens is 212 g/mol. The van der Waals surface area contributed by atoms with Crippen LogP contribution < -0.4 is 0 Å². The van der Waals surface area contributed by atoms with Gasteiger partial charge < -0.3 is 4.74 Å². The normalized spacial score (nSPS) is 13.8. The lowest BCUT2D eigenvalue weighted by atomic mass is 9.87. The molecule has 2 heteroatoms. The predicted octanol–water partition coefficient (Wildman–Crippen LogP) is 3.26. The monoisotopic (exact) mass is 232 g/mol. The number of esters is 1. The molecule has 2 nitrogen and oxygen atoms in total. The van der Waals surface area contributed by atoms with Crippen LogP contribution in [0.15, 0.2) is 18.2 Å². The van der Waals surface area contributed by atoms with Crippen LogP contribution in [0.3, 0.4) is 0 Å². The maximum absolute atomic E-state index is 11.8. The highest BCUT2D eigenvalue weighted by Gasteiger charge is 2.27. The Morgan fingerprint density at radius 2 is 2.00 bits per heavy atom. The Bertz CT molecular complexity index is 433. The highest BCUT2D eigenvalue weighted by molar-refractivity contribution is 5.75. The molecule has 0 atom stereocenters. The highest BCUT2D eigenvalue weighted by Crippen LogP contribution is 2.25. The summed E-state index contributed by atoms with van der Waals surface area (Å²) in [6.45, 7) is 6.25. The van der Waals surface area contributed by atoms with Gasteiger partial charge in [0.2, 0.25) is 0 Å². The molecule has 1 aromatic rings. The molecule has 0 saturated carbocycles. The molecule has 0 bridgehead atoms. The van der Waals surface area contributed by atoms with Crippen LogP contribution in [0.25, 0.3) is 0 Å². The summed E-state index contributed by atoms with van der Waals surface area (Å²) in [6, 6.07) is 6.36. The zero-order chi connectivity index (χ0) is 12.5. The SMILES string of the molecule is CCC(C)(C)C(=O)OCc1ccc2c(c1)CC2. The third kappa shape index (κ3) is 2.51. The van der Waals surface area contributed by atoms with Crippen molar-refractivity contribution in [2.75, 3.05) is 0 Å². The molecule has 0 heterocycles. The quantitative estimate of drug-likeness (QED) is 0.745. The fraction of sp³-hybridized carbons (Fsp3) is 0.533. The van der Waals surface area contributed by atoms with E-state index in [4.69, 9.17) is 4.74 Å². The van der Waals surface area contributed by atoms with Crippen molar-refractivity contribution >= 4 is 5.97 Å². The van der Waals surface area contributed by atoms with Crippen molar-refractivity contribution in [3.63, 3.8) is 0 Å². The first-order valence-corrected chi connectivity index (χ1v) is 6.31. The zero-order valence-electron chi connectivity index (χ0n) is 10.9. The van der Waals surface area contributed by atoms with Crippen molar-refractivity contribution in [3.05, 3.63) is 34.9 Å². The molecule has 0 spiro atoms. The Morgan fingerprint density at radius 3 is 2.53 bits per heavy atom. The van der Waals surface area contributed by atoms with Gasteiger partial charge in [0.05, 0.1) is 5.41 Å². The van der Waals surface area contributed by atoms with Gasteiger partial charge in [-0.3, -0.25) is 4.79 Å². The lowest BCUT2D eigenvalue weighted by Gasteiger charge is -2.22. The van der Waals surface area contributed by atoms with Gasteiger partial charge in [0.1, 0.15) is 6.61 Å². The van der Waals surface area contributed by atoms with Gasteiger partial charge in [0, 0.05) is 0 Å². The van der Waals surface area contributed by atoms with E-state index < -0.39 is 0 Å². The molecule has 0 unspecified atom stereocenters. The lowest BCUT2D eigenvalue weighted by molar-refractivity contribution is -0.155. The molecule has 1 aliphatic rings. The van der Waals surface area contributed by atoms with E-state index >= 15 is 0 Å². The molecule has 0 amide bonds. The summed E-state index contributed by atoms with van der Waals surface area (Å²) in [7, 11) is 0. The smallest absolute Gasteiger partial charge is 0.311 e. The van der Waals surface area contributed by atoms with E-state index in [1.165, 1.54) is 17.5 Å². The lowest BCUT2D eigenvalue weighted by Crippen LogP contribution is -2.25. The van der Waals surface area contributed by atoms with Gasteiger partial charge in [-0.1, -0.05) is 25.1 Å². The number of ether oxygens (including phenoxy) is 1. The largest absolute Gasteiger partial charge is 0.460 e. The summed E-state index contributed by atoms with van der Waals surface area (Å²) in [5, 5.41) is 0. The van der Waals surface area contributed by atoms with E-state index in [1.807, 2.05) is 20.8 Å². The molecule has 0 aromatic heterocycles. The molecule has 1 aliphatic carbocycles. The van der Waals surface area contributed by atoms with Crippen molar-refractivity contribution in [2.45, 2.75) is 46.6 Å². The molecule has 1 aromatic carbocycles. The second kappa shape index (κ2) is 4.52. The highest BCUT2D eigenvalue weighted by atomic mass is 16.5. The van der Waals surface area contributed by atoms with Crippen molar-refractivity contribution in [3.8, 4) is 0 Å². The Morgan fingerprint density at radius 1 is 1.29 bits per heavy atom. The van der Waals surface area contributed by atoms with E-state index in [1.54, 1.807) is 0 Å². The maximum Gasteiger partial charge on any atom is 0.311 e. The Hall–Kier alpha value is -1.31. The van der Waals surface area contributed by atoms with Crippen LogP contribution in [0.1, 0.15) is 43.9 Å². The minimum atomic E-state index is -0.375. The first-order chi connectivity index (χ1) is 8.03. The van der Waals surface area contributed by atoms with Crippen LogP contribution >= 0.6 is 0 Å². The number of hydrogen-bond acceptors (Lipinski definition) is 2. The van der Waals surface area contributed by atoms with E-state index in [0.29, 0.717) is 6.61 Å². The third-order valence-corrected chi connectivity index (χ3v) is 3.74. The van der Waals surface area contributed by atoms with Gasteiger partial charge in [-0.25, -0.2) is 0 Å². The maximum atomic E-state index is 11.8. The molecular formula is C15H20O2. The Kier molecular flexibility index (Phi) is 3.23. The van der Waals surface area contributed by atoms with Crippen molar-refractivity contribution in [1.29, 1.82) is 0 Å². The zero-order valence-corrected chi connectivity index (χ0v) is 10.9. The molecule has 0 N–H and O–H groups in total. The predicted molar refractivity (Wildman–Crippen MR) is 67.7 cm³/mol. The minimum Gasteiger partial charge on any atom is -0.460 e. The molecule has 92 valence electrons. The summed E-state index contributed by atoms with van der Waals surface area (Å²) in [5.74, 6) is -0.109. The van der Waals surface area contributed by atoms with E-state index in [0.717, 1.165) is 18.4 Å². The van der Waals surface area contributed by atoms with Crippen LogP contribution in [-0.2, 0) is 29.0 Å². The summed E-state index contributed by atoms with van der Waals surface area (Å²) in [4.78, 5) is 11.8. The third-order valence-electron chi connectivity index (χ3n) is 3.74. The van der Waals surface area contributed by atoms with Gasteiger partial charge in [0.25, 0.3) is 0 Å². The average Bonchev–Trinajstić information content (AvgIpc) is 2.28. The second-order valence-electron chi connectivity index (χ2n) is 5.42. The number of benzene rings is 1. The van der Waals surface area contributed by atoms with Gasteiger partial charge >= 0.3 is 5.97 Å². The molecule has 17 heavy (non-hydrogen) atoms. The molecule has 0 aliphatic heterocycles. The van der Waals surface area contributed by atoms with Gasteiger partial charge in [-0.05, 0) is 49.8 Å². The van der Waals surface area contributed by atoms with Gasteiger partial charge in [0.15, 0.2) is 0 Å². The molecule has 0 saturated heterocycles. The van der Waals surface area contributed by atoms with Crippen LogP contribution in [0.4, 0.5) is 0 Å². The van der Waals surface area contributed by atoms with Gasteiger partial charge in [-0.2, -0.15) is 0 Å². The first kappa shape index (κ1) is 12.2. The number of carbonyl (C=O) groups is 1. The number of carbonyl (C=O) groups excluding carboxylic acids is 1. The fourth-order valence-electron chi connectivity index (χ4n) is 1.83.